The molecule has 1 aliphatic heterocycles. The molecule has 1 saturated heterocycles. The molecule has 1 N–H and O–H groups in total. The van der Waals surface area contributed by atoms with Crippen LogP contribution in [0.4, 0.5) is 5.82 Å². The summed E-state index contributed by atoms with van der Waals surface area (Å²) in [6.45, 7) is 1.39. The van der Waals surface area contributed by atoms with Gasteiger partial charge in [-0.3, -0.25) is 0 Å². The second-order valence-corrected chi connectivity index (χ2v) is 3.26. The van der Waals surface area contributed by atoms with Crippen LogP contribution in [-0.4, -0.2) is 34.3 Å². The molecule has 0 aromatic carbocycles. The Hall–Kier alpha value is -1.67. The fourth-order valence-corrected chi connectivity index (χ4v) is 1.49. The van der Waals surface area contributed by atoms with Crippen LogP contribution in [0.25, 0.3) is 0 Å². The van der Waals surface area contributed by atoms with Crippen LogP contribution in [0, 0.1) is 11.3 Å². The fourth-order valence-electron chi connectivity index (χ4n) is 1.49. The molecule has 2 rings (SSSR count). The Balaban J connectivity index is 2.14. The van der Waals surface area contributed by atoms with Gasteiger partial charge in [0.25, 0.3) is 0 Å². The lowest BCUT2D eigenvalue weighted by molar-refractivity contribution is 0.198. The molecule has 0 saturated carbocycles. The lowest BCUT2D eigenvalue weighted by Gasteiger charge is -2.15. The van der Waals surface area contributed by atoms with Crippen molar-refractivity contribution in [3.8, 4) is 6.07 Å². The second kappa shape index (κ2) is 3.60. The van der Waals surface area contributed by atoms with E-state index in [1.165, 1.54) is 6.20 Å². The minimum atomic E-state index is -0.271. The minimum Gasteiger partial charge on any atom is -0.391 e. The first-order valence-electron chi connectivity index (χ1n) is 4.45. The van der Waals surface area contributed by atoms with E-state index in [1.807, 2.05) is 11.0 Å². The van der Waals surface area contributed by atoms with Gasteiger partial charge in [-0.05, 0) is 6.42 Å². The zero-order valence-electron chi connectivity index (χ0n) is 7.59. The summed E-state index contributed by atoms with van der Waals surface area (Å²) in [5, 5.41) is 17.8. The third kappa shape index (κ3) is 1.65. The van der Waals surface area contributed by atoms with Crippen LogP contribution < -0.4 is 4.90 Å². The maximum atomic E-state index is 9.32. The second-order valence-electron chi connectivity index (χ2n) is 3.26. The average Bonchev–Trinajstić information content (AvgIpc) is 2.65. The van der Waals surface area contributed by atoms with Crippen LogP contribution in [0.5, 0.6) is 0 Å². The Morgan fingerprint density at radius 1 is 1.50 bits per heavy atom. The molecule has 0 bridgehead atoms. The Labute approximate surface area is 81.6 Å². The lowest BCUT2D eigenvalue weighted by Crippen LogP contribution is -2.22. The monoisotopic (exact) mass is 190 g/mol. The summed E-state index contributed by atoms with van der Waals surface area (Å²) >= 11 is 0. The number of rotatable bonds is 1. The molecule has 2 heterocycles. The molecule has 1 aliphatic rings. The van der Waals surface area contributed by atoms with Crippen LogP contribution in [0.3, 0.4) is 0 Å². The number of hydrogen-bond acceptors (Lipinski definition) is 5. The number of nitriles is 1. The molecule has 0 radical (unpaired) electrons. The predicted molar refractivity (Wildman–Crippen MR) is 49.6 cm³/mol. The van der Waals surface area contributed by atoms with Gasteiger partial charge in [0.2, 0.25) is 0 Å². The smallest absolute Gasteiger partial charge is 0.158 e. The number of nitrogens with zero attached hydrogens (tertiary/aromatic N) is 4. The van der Waals surface area contributed by atoms with E-state index in [4.69, 9.17) is 5.26 Å². The van der Waals surface area contributed by atoms with Crippen molar-refractivity contribution in [2.75, 3.05) is 18.0 Å². The average molecular weight is 190 g/mol. The van der Waals surface area contributed by atoms with E-state index < -0.39 is 0 Å². The van der Waals surface area contributed by atoms with E-state index in [2.05, 4.69) is 9.97 Å². The molecule has 0 spiro atoms. The van der Waals surface area contributed by atoms with Crippen LogP contribution in [0.2, 0.25) is 0 Å². The number of hydrogen-bond donors (Lipinski definition) is 1. The summed E-state index contributed by atoms with van der Waals surface area (Å²) < 4.78 is 0. The molecule has 1 fully saturated rings. The van der Waals surface area contributed by atoms with Gasteiger partial charge in [0.15, 0.2) is 5.69 Å². The van der Waals surface area contributed by atoms with Gasteiger partial charge in [-0.1, -0.05) is 0 Å². The van der Waals surface area contributed by atoms with Crippen molar-refractivity contribution in [1.82, 2.24) is 9.97 Å². The summed E-state index contributed by atoms with van der Waals surface area (Å²) in [6.07, 6.45) is 3.51. The summed E-state index contributed by atoms with van der Waals surface area (Å²) in [4.78, 5) is 9.97. The topological polar surface area (TPSA) is 73.0 Å². The normalized spacial score (nSPS) is 20.9. The predicted octanol–water partition coefficient (Wildman–Crippen LogP) is -0.0807. The van der Waals surface area contributed by atoms with E-state index in [0.717, 1.165) is 18.8 Å². The van der Waals surface area contributed by atoms with E-state index in [9.17, 15) is 5.11 Å². The van der Waals surface area contributed by atoms with Crippen LogP contribution in [-0.2, 0) is 0 Å². The summed E-state index contributed by atoms with van der Waals surface area (Å²) in [5.41, 5.74) is 0.313. The van der Waals surface area contributed by atoms with Crippen LogP contribution >= 0.6 is 0 Å². The van der Waals surface area contributed by atoms with Gasteiger partial charge in [-0.15, -0.1) is 0 Å². The van der Waals surface area contributed by atoms with Crippen LogP contribution in [0.15, 0.2) is 12.4 Å². The lowest BCUT2D eigenvalue weighted by atomic mass is 10.3. The minimum absolute atomic E-state index is 0.271. The van der Waals surface area contributed by atoms with Crippen molar-refractivity contribution in [1.29, 1.82) is 5.26 Å². The zero-order valence-corrected chi connectivity index (χ0v) is 7.59. The molecule has 5 heteroatoms. The molecule has 1 aromatic heterocycles. The molecule has 0 amide bonds. The maximum Gasteiger partial charge on any atom is 0.158 e. The van der Waals surface area contributed by atoms with Gasteiger partial charge in [0, 0.05) is 13.1 Å². The Morgan fingerprint density at radius 2 is 2.36 bits per heavy atom. The van der Waals surface area contributed by atoms with Gasteiger partial charge >= 0.3 is 0 Å². The third-order valence-electron chi connectivity index (χ3n) is 2.24. The van der Waals surface area contributed by atoms with Gasteiger partial charge in [-0.2, -0.15) is 5.26 Å². The first kappa shape index (κ1) is 8.91. The molecule has 5 nitrogen and oxygen atoms in total. The summed E-state index contributed by atoms with van der Waals surface area (Å²) in [6, 6.07) is 1.91. The van der Waals surface area contributed by atoms with Crippen molar-refractivity contribution in [3.05, 3.63) is 18.1 Å². The maximum absolute atomic E-state index is 9.32. The third-order valence-corrected chi connectivity index (χ3v) is 2.24. The fraction of sp³-hybridized carbons (Fsp3) is 0.444. The Morgan fingerprint density at radius 3 is 2.86 bits per heavy atom. The number of aliphatic hydroxyl groups is 1. The van der Waals surface area contributed by atoms with Crippen molar-refractivity contribution in [2.45, 2.75) is 12.5 Å². The van der Waals surface area contributed by atoms with Gasteiger partial charge in [-0.25, -0.2) is 9.97 Å². The largest absolute Gasteiger partial charge is 0.391 e. The van der Waals surface area contributed by atoms with Gasteiger partial charge < -0.3 is 10.0 Å². The molecular weight excluding hydrogens is 180 g/mol. The number of β-amino-alcohol motifs (C(OH)–C–C–N with tert-alkyl or cyclic N) is 1. The van der Waals surface area contributed by atoms with Crippen LogP contribution in [0.1, 0.15) is 12.1 Å². The quantitative estimate of drug-likeness (QED) is 0.670. The van der Waals surface area contributed by atoms with Gasteiger partial charge in [0.05, 0.1) is 18.5 Å². The highest BCUT2D eigenvalue weighted by molar-refractivity contribution is 5.38. The van der Waals surface area contributed by atoms with Crippen molar-refractivity contribution < 1.29 is 5.11 Å². The van der Waals surface area contributed by atoms with Crippen molar-refractivity contribution in [2.24, 2.45) is 0 Å². The number of aromatic nitrogens is 2. The number of aliphatic hydroxyl groups excluding tert-OH is 1. The standard InChI is InChI=1S/C9H10N4O/c10-3-7-4-12-9(5-11-7)13-2-1-8(14)6-13/h4-5,8,14H,1-2,6H2. The summed E-state index contributed by atoms with van der Waals surface area (Å²) in [7, 11) is 0. The Kier molecular flexibility index (Phi) is 2.29. The zero-order chi connectivity index (χ0) is 9.97. The van der Waals surface area contributed by atoms with E-state index >= 15 is 0 Å². The molecular formula is C9H10N4O. The van der Waals surface area contributed by atoms with E-state index in [1.54, 1.807) is 6.20 Å². The first-order valence-corrected chi connectivity index (χ1v) is 4.45. The molecule has 72 valence electrons. The van der Waals surface area contributed by atoms with E-state index in [0.29, 0.717) is 12.2 Å². The van der Waals surface area contributed by atoms with Gasteiger partial charge in [0.1, 0.15) is 11.9 Å². The first-order chi connectivity index (χ1) is 6.79. The highest BCUT2D eigenvalue weighted by Crippen LogP contribution is 2.16. The highest BCUT2D eigenvalue weighted by Gasteiger charge is 2.21. The molecule has 14 heavy (non-hydrogen) atoms. The van der Waals surface area contributed by atoms with Crippen molar-refractivity contribution >= 4 is 5.82 Å². The number of anilines is 1. The highest BCUT2D eigenvalue weighted by atomic mass is 16.3. The SMILES string of the molecule is N#Cc1cnc(N2CCC(O)C2)cn1. The summed E-state index contributed by atoms with van der Waals surface area (Å²) in [5.74, 6) is 0.723. The molecule has 1 atom stereocenters. The molecule has 1 unspecified atom stereocenters. The van der Waals surface area contributed by atoms with Crippen molar-refractivity contribution in [3.63, 3.8) is 0 Å². The van der Waals surface area contributed by atoms with E-state index in [-0.39, 0.29) is 6.10 Å². The Bertz CT molecular complexity index is 356. The molecule has 0 aliphatic carbocycles. The molecule has 1 aromatic rings.